The van der Waals surface area contributed by atoms with Crippen molar-refractivity contribution in [1.82, 2.24) is 4.90 Å². The second kappa shape index (κ2) is 6.53. The van der Waals surface area contributed by atoms with Crippen molar-refractivity contribution in [3.05, 3.63) is 33.8 Å². The lowest BCUT2D eigenvalue weighted by molar-refractivity contribution is -0.148. The van der Waals surface area contributed by atoms with E-state index in [-0.39, 0.29) is 17.9 Å². The number of benzene rings is 1. The van der Waals surface area contributed by atoms with Crippen LogP contribution in [0.5, 0.6) is 0 Å². The van der Waals surface area contributed by atoms with Crippen LogP contribution in [0, 0.1) is 0 Å². The van der Waals surface area contributed by atoms with Gasteiger partial charge in [0.25, 0.3) is 0 Å². The molecule has 0 radical (unpaired) electrons. The third-order valence-electron chi connectivity index (χ3n) is 3.58. The van der Waals surface area contributed by atoms with Crippen molar-refractivity contribution in [2.75, 3.05) is 19.8 Å². The first kappa shape index (κ1) is 16.6. The fourth-order valence-electron chi connectivity index (χ4n) is 2.48. The summed E-state index contributed by atoms with van der Waals surface area (Å²) in [5.41, 5.74) is 0.188. The molecule has 0 spiro atoms. The molecule has 116 valence electrons. The third kappa shape index (κ3) is 4.10. The average molecular weight is 332 g/mol. The van der Waals surface area contributed by atoms with Crippen molar-refractivity contribution in [3.63, 3.8) is 0 Å². The van der Waals surface area contributed by atoms with Crippen LogP contribution < -0.4 is 0 Å². The van der Waals surface area contributed by atoms with Crippen molar-refractivity contribution in [2.24, 2.45) is 0 Å². The van der Waals surface area contributed by atoms with Crippen LogP contribution in [0.1, 0.15) is 31.9 Å². The van der Waals surface area contributed by atoms with E-state index >= 15 is 0 Å². The largest absolute Gasteiger partial charge is 0.388 e. The lowest BCUT2D eigenvalue weighted by Gasteiger charge is -2.42. The molecule has 1 atom stereocenters. The van der Waals surface area contributed by atoms with Gasteiger partial charge in [0.05, 0.1) is 31.3 Å². The molecule has 0 bridgehead atoms. The number of carbonyl (C=O) groups is 1. The number of aliphatic hydroxyl groups is 1. The Morgan fingerprint density at radius 2 is 2.00 bits per heavy atom. The van der Waals surface area contributed by atoms with E-state index in [1.54, 1.807) is 23.1 Å². The maximum atomic E-state index is 12.4. The SMILES string of the molecule is CC1(C)COCCN1C(=O)CC(O)c1cc(Cl)cc(Cl)c1. The zero-order chi connectivity index (χ0) is 15.6. The van der Waals surface area contributed by atoms with Gasteiger partial charge in [0.2, 0.25) is 5.91 Å². The quantitative estimate of drug-likeness (QED) is 0.926. The van der Waals surface area contributed by atoms with Gasteiger partial charge in [-0.15, -0.1) is 0 Å². The van der Waals surface area contributed by atoms with Gasteiger partial charge in [-0.2, -0.15) is 0 Å². The van der Waals surface area contributed by atoms with E-state index in [1.807, 2.05) is 13.8 Å². The standard InChI is InChI=1S/C15H19Cl2NO3/c1-15(2)9-21-4-3-18(15)14(20)8-13(19)10-5-11(16)7-12(17)6-10/h5-7,13,19H,3-4,8-9H2,1-2H3. The van der Waals surface area contributed by atoms with Crippen molar-refractivity contribution in [2.45, 2.75) is 31.9 Å². The Labute approximate surface area is 134 Å². The minimum atomic E-state index is -0.924. The Morgan fingerprint density at radius 1 is 1.38 bits per heavy atom. The minimum Gasteiger partial charge on any atom is -0.388 e. The minimum absolute atomic E-state index is 0.000100. The molecule has 0 aliphatic carbocycles. The van der Waals surface area contributed by atoms with Gasteiger partial charge in [0.15, 0.2) is 0 Å². The second-order valence-electron chi connectivity index (χ2n) is 5.83. The second-order valence-corrected chi connectivity index (χ2v) is 6.71. The maximum Gasteiger partial charge on any atom is 0.226 e. The highest BCUT2D eigenvalue weighted by Crippen LogP contribution is 2.27. The molecule has 1 amide bonds. The molecule has 0 aromatic heterocycles. The molecule has 1 aliphatic rings. The van der Waals surface area contributed by atoms with Crippen LogP contribution in [-0.2, 0) is 9.53 Å². The van der Waals surface area contributed by atoms with Crippen molar-refractivity contribution < 1.29 is 14.6 Å². The van der Waals surface area contributed by atoms with E-state index in [4.69, 9.17) is 27.9 Å². The molecule has 2 rings (SSSR count). The van der Waals surface area contributed by atoms with Gasteiger partial charge in [-0.1, -0.05) is 23.2 Å². The van der Waals surface area contributed by atoms with Crippen LogP contribution >= 0.6 is 23.2 Å². The maximum absolute atomic E-state index is 12.4. The molecular weight excluding hydrogens is 313 g/mol. The molecule has 21 heavy (non-hydrogen) atoms. The number of amides is 1. The van der Waals surface area contributed by atoms with Crippen LogP contribution in [0.4, 0.5) is 0 Å². The topological polar surface area (TPSA) is 49.8 Å². The first-order valence-corrected chi connectivity index (χ1v) is 7.57. The molecule has 0 saturated carbocycles. The van der Waals surface area contributed by atoms with Gasteiger partial charge < -0.3 is 14.7 Å². The van der Waals surface area contributed by atoms with E-state index in [0.29, 0.717) is 35.4 Å². The number of aliphatic hydroxyl groups excluding tert-OH is 1. The molecule has 1 heterocycles. The molecule has 1 fully saturated rings. The zero-order valence-corrected chi connectivity index (χ0v) is 13.6. The molecule has 1 saturated heterocycles. The lowest BCUT2D eigenvalue weighted by Crippen LogP contribution is -2.55. The van der Waals surface area contributed by atoms with E-state index in [1.165, 1.54) is 0 Å². The van der Waals surface area contributed by atoms with Crippen molar-refractivity contribution >= 4 is 29.1 Å². The fourth-order valence-corrected chi connectivity index (χ4v) is 3.02. The first-order chi connectivity index (χ1) is 9.79. The van der Waals surface area contributed by atoms with E-state index in [0.717, 1.165) is 0 Å². The number of ether oxygens (including phenoxy) is 1. The molecular formula is C15H19Cl2NO3. The Morgan fingerprint density at radius 3 is 2.57 bits per heavy atom. The van der Waals surface area contributed by atoms with Crippen LogP contribution in [-0.4, -0.2) is 41.2 Å². The zero-order valence-electron chi connectivity index (χ0n) is 12.1. The number of morpholine rings is 1. The number of hydrogen-bond acceptors (Lipinski definition) is 3. The number of halogens is 2. The summed E-state index contributed by atoms with van der Waals surface area (Å²) in [6.45, 7) is 5.46. The van der Waals surface area contributed by atoms with Crippen LogP contribution in [0.25, 0.3) is 0 Å². The predicted octanol–water partition coefficient (Wildman–Crippen LogP) is 3.05. The Balaban J connectivity index is 2.08. The van der Waals surface area contributed by atoms with Gasteiger partial charge in [0, 0.05) is 16.6 Å². The highest BCUT2D eigenvalue weighted by molar-refractivity contribution is 6.34. The van der Waals surface area contributed by atoms with Gasteiger partial charge in [-0.05, 0) is 37.6 Å². The number of nitrogens with zero attached hydrogens (tertiary/aromatic N) is 1. The van der Waals surface area contributed by atoms with E-state index in [2.05, 4.69) is 0 Å². The van der Waals surface area contributed by atoms with Crippen molar-refractivity contribution in [3.8, 4) is 0 Å². The van der Waals surface area contributed by atoms with Gasteiger partial charge in [-0.25, -0.2) is 0 Å². The van der Waals surface area contributed by atoms with Crippen LogP contribution in [0.2, 0.25) is 10.0 Å². The Hall–Kier alpha value is -0.810. The van der Waals surface area contributed by atoms with Gasteiger partial charge in [0.1, 0.15) is 0 Å². The van der Waals surface area contributed by atoms with E-state index in [9.17, 15) is 9.90 Å². The van der Waals surface area contributed by atoms with Crippen LogP contribution in [0.3, 0.4) is 0 Å². The summed E-state index contributed by atoms with van der Waals surface area (Å²) in [6, 6.07) is 4.83. The van der Waals surface area contributed by atoms with Gasteiger partial charge >= 0.3 is 0 Å². The summed E-state index contributed by atoms with van der Waals surface area (Å²) >= 11 is 11.8. The molecule has 1 N–H and O–H groups in total. The molecule has 1 aromatic carbocycles. The number of hydrogen-bond donors (Lipinski definition) is 1. The predicted molar refractivity (Wildman–Crippen MR) is 82.6 cm³/mol. The smallest absolute Gasteiger partial charge is 0.226 e. The summed E-state index contributed by atoms with van der Waals surface area (Å²) in [5.74, 6) is -0.105. The molecule has 1 aliphatic heterocycles. The highest BCUT2D eigenvalue weighted by Gasteiger charge is 2.34. The Bertz CT molecular complexity index is 513. The summed E-state index contributed by atoms with van der Waals surface area (Å²) in [6.07, 6.45) is -0.924. The molecule has 1 unspecified atom stereocenters. The molecule has 4 nitrogen and oxygen atoms in total. The summed E-state index contributed by atoms with van der Waals surface area (Å²) in [7, 11) is 0. The van der Waals surface area contributed by atoms with Crippen molar-refractivity contribution in [1.29, 1.82) is 0 Å². The monoisotopic (exact) mass is 331 g/mol. The lowest BCUT2D eigenvalue weighted by atomic mass is 10.00. The van der Waals surface area contributed by atoms with Crippen LogP contribution in [0.15, 0.2) is 18.2 Å². The Kier molecular flexibility index (Phi) is 5.15. The third-order valence-corrected chi connectivity index (χ3v) is 4.02. The summed E-state index contributed by atoms with van der Waals surface area (Å²) in [4.78, 5) is 14.2. The fraction of sp³-hybridized carbons (Fsp3) is 0.533. The number of carbonyl (C=O) groups excluding carboxylic acids is 1. The molecule has 1 aromatic rings. The van der Waals surface area contributed by atoms with E-state index < -0.39 is 6.10 Å². The average Bonchev–Trinajstić information content (AvgIpc) is 2.36. The summed E-state index contributed by atoms with van der Waals surface area (Å²) in [5, 5.41) is 11.1. The first-order valence-electron chi connectivity index (χ1n) is 6.82. The molecule has 6 heteroatoms. The number of rotatable bonds is 3. The van der Waals surface area contributed by atoms with Gasteiger partial charge in [-0.3, -0.25) is 4.79 Å². The highest BCUT2D eigenvalue weighted by atomic mass is 35.5. The normalized spacial score (nSPS) is 19.4. The summed E-state index contributed by atoms with van der Waals surface area (Å²) < 4.78 is 5.39.